The third-order valence-electron chi connectivity index (χ3n) is 6.13. The maximum absolute atomic E-state index is 13.7. The Balaban J connectivity index is 1.58. The first-order valence-corrected chi connectivity index (χ1v) is 12.9. The van der Waals surface area contributed by atoms with Gasteiger partial charge in [0.25, 0.3) is 10.0 Å². The van der Waals surface area contributed by atoms with Gasteiger partial charge >= 0.3 is 0 Å². The summed E-state index contributed by atoms with van der Waals surface area (Å²) >= 11 is 0. The molecule has 1 aliphatic heterocycles. The number of anilines is 2. The molecule has 3 aromatic rings. The van der Waals surface area contributed by atoms with Crippen LogP contribution in [0.4, 0.5) is 11.4 Å². The van der Waals surface area contributed by atoms with Crippen molar-refractivity contribution >= 4 is 27.3 Å². The van der Waals surface area contributed by atoms with E-state index in [2.05, 4.69) is 14.8 Å². The predicted octanol–water partition coefficient (Wildman–Crippen LogP) is 3.50. The van der Waals surface area contributed by atoms with E-state index in [4.69, 9.17) is 0 Å². The van der Waals surface area contributed by atoms with Crippen LogP contribution in [0.1, 0.15) is 18.1 Å². The quantitative estimate of drug-likeness (QED) is 0.518. The van der Waals surface area contributed by atoms with E-state index in [0.717, 1.165) is 34.2 Å². The van der Waals surface area contributed by atoms with Crippen LogP contribution in [0.3, 0.4) is 0 Å². The second-order valence-electron chi connectivity index (χ2n) is 8.48. The van der Waals surface area contributed by atoms with E-state index in [0.29, 0.717) is 25.2 Å². The molecule has 0 unspecified atom stereocenters. The minimum Gasteiger partial charge on any atom is -0.368 e. The number of hydrogen-bond acceptors (Lipinski definition) is 6. The highest BCUT2D eigenvalue weighted by atomic mass is 32.2. The number of rotatable bonds is 7. The van der Waals surface area contributed by atoms with E-state index in [1.807, 2.05) is 55.5 Å². The molecule has 8 heteroatoms. The number of aryl methyl sites for hydroxylation is 1. The van der Waals surface area contributed by atoms with Gasteiger partial charge in [-0.3, -0.25) is 9.78 Å². The zero-order chi connectivity index (χ0) is 24.1. The van der Waals surface area contributed by atoms with Gasteiger partial charge in [-0.1, -0.05) is 36.4 Å². The van der Waals surface area contributed by atoms with Crippen LogP contribution < -0.4 is 9.80 Å². The van der Waals surface area contributed by atoms with E-state index in [1.54, 1.807) is 24.5 Å². The Hall–Kier alpha value is -3.39. The van der Waals surface area contributed by atoms with E-state index >= 15 is 0 Å². The van der Waals surface area contributed by atoms with Crippen LogP contribution in [-0.2, 0) is 21.2 Å². The average molecular weight is 479 g/mol. The Kier molecular flexibility index (Phi) is 7.17. The van der Waals surface area contributed by atoms with Crippen molar-refractivity contribution in [3.05, 3.63) is 84.2 Å². The van der Waals surface area contributed by atoms with Gasteiger partial charge in [0.2, 0.25) is 5.91 Å². The van der Waals surface area contributed by atoms with Gasteiger partial charge in [0.1, 0.15) is 4.90 Å². The summed E-state index contributed by atoms with van der Waals surface area (Å²) < 4.78 is 28.4. The number of aromatic nitrogens is 1. The Bertz CT molecular complexity index is 1230. The molecule has 2 aromatic carbocycles. The summed E-state index contributed by atoms with van der Waals surface area (Å²) in [6.07, 6.45) is 4.02. The number of hydrogen-bond donors (Lipinski definition) is 0. The van der Waals surface area contributed by atoms with Gasteiger partial charge in [-0.25, -0.2) is 12.7 Å². The van der Waals surface area contributed by atoms with Crippen molar-refractivity contribution in [2.75, 3.05) is 42.5 Å². The highest BCUT2D eigenvalue weighted by molar-refractivity contribution is 7.89. The number of carbonyl (C=O) groups excluding carboxylic acids is 1. The van der Waals surface area contributed by atoms with Gasteiger partial charge in [0, 0.05) is 57.7 Å². The van der Waals surface area contributed by atoms with Gasteiger partial charge in [0.15, 0.2) is 0 Å². The predicted molar refractivity (Wildman–Crippen MR) is 135 cm³/mol. The van der Waals surface area contributed by atoms with Gasteiger partial charge in [-0.15, -0.1) is 0 Å². The summed E-state index contributed by atoms with van der Waals surface area (Å²) in [5.41, 5.74) is 3.72. The van der Waals surface area contributed by atoms with Gasteiger partial charge in [-0.05, 0) is 48.7 Å². The molecule has 1 aliphatic rings. The molecular weight excluding hydrogens is 448 g/mol. The number of carbonyl (C=O) groups is 1. The number of amides is 1. The molecule has 0 atom stereocenters. The van der Waals surface area contributed by atoms with Gasteiger partial charge < -0.3 is 9.80 Å². The molecule has 0 N–H and O–H groups in total. The summed E-state index contributed by atoms with van der Waals surface area (Å²) in [7, 11) is -4.01. The number of benzene rings is 2. The molecular formula is C26H30N4O3S. The lowest BCUT2D eigenvalue weighted by Gasteiger charge is -2.38. The van der Waals surface area contributed by atoms with Crippen molar-refractivity contribution in [3.8, 4) is 0 Å². The molecule has 0 bridgehead atoms. The molecule has 178 valence electrons. The van der Waals surface area contributed by atoms with Crippen LogP contribution in [0.5, 0.6) is 0 Å². The topological polar surface area (TPSA) is 73.8 Å². The average Bonchev–Trinajstić information content (AvgIpc) is 2.85. The lowest BCUT2D eigenvalue weighted by molar-refractivity contribution is -0.124. The molecule has 1 saturated heterocycles. The van der Waals surface area contributed by atoms with Gasteiger partial charge in [0.05, 0.1) is 5.69 Å². The molecule has 1 aromatic heterocycles. The molecule has 0 spiro atoms. The van der Waals surface area contributed by atoms with Crippen LogP contribution in [-0.4, -0.2) is 56.3 Å². The lowest BCUT2D eigenvalue weighted by Crippen LogP contribution is -2.47. The number of pyridine rings is 1. The summed E-state index contributed by atoms with van der Waals surface area (Å²) in [6, 6.07) is 18.9. The van der Waals surface area contributed by atoms with Crippen molar-refractivity contribution in [1.29, 1.82) is 0 Å². The zero-order valence-corrected chi connectivity index (χ0v) is 20.4. The fourth-order valence-electron chi connectivity index (χ4n) is 4.29. The Labute approximate surface area is 201 Å². The first kappa shape index (κ1) is 23.8. The minimum atomic E-state index is -4.01. The number of sulfonamides is 1. The number of nitrogens with zero attached hydrogens (tertiary/aromatic N) is 4. The lowest BCUT2D eigenvalue weighted by atomic mass is 10.1. The molecule has 1 fully saturated rings. The smallest absolute Gasteiger partial charge is 0.268 e. The number of piperazine rings is 1. The maximum Gasteiger partial charge on any atom is 0.268 e. The van der Waals surface area contributed by atoms with Gasteiger partial charge in [-0.2, -0.15) is 0 Å². The van der Waals surface area contributed by atoms with Crippen molar-refractivity contribution in [2.24, 2.45) is 0 Å². The van der Waals surface area contributed by atoms with Crippen LogP contribution in [0.2, 0.25) is 0 Å². The van der Waals surface area contributed by atoms with Crippen LogP contribution in [0.25, 0.3) is 0 Å². The van der Waals surface area contributed by atoms with Crippen LogP contribution in [0.15, 0.2) is 78.0 Å². The van der Waals surface area contributed by atoms with Crippen molar-refractivity contribution in [1.82, 2.24) is 9.29 Å². The second-order valence-corrected chi connectivity index (χ2v) is 10.3. The van der Waals surface area contributed by atoms with Crippen LogP contribution >= 0.6 is 0 Å². The molecule has 2 heterocycles. The summed E-state index contributed by atoms with van der Waals surface area (Å²) in [6.45, 7) is 6.25. The zero-order valence-electron chi connectivity index (χ0n) is 19.6. The van der Waals surface area contributed by atoms with E-state index < -0.39 is 15.9 Å². The van der Waals surface area contributed by atoms with E-state index in [1.165, 1.54) is 6.92 Å². The third kappa shape index (κ3) is 5.22. The van der Waals surface area contributed by atoms with E-state index in [-0.39, 0.29) is 11.4 Å². The van der Waals surface area contributed by atoms with Crippen molar-refractivity contribution < 1.29 is 13.2 Å². The summed E-state index contributed by atoms with van der Waals surface area (Å²) in [4.78, 5) is 21.1. The second kappa shape index (κ2) is 10.3. The summed E-state index contributed by atoms with van der Waals surface area (Å²) in [5.74, 6) is -0.482. The first-order chi connectivity index (χ1) is 16.4. The molecule has 4 rings (SSSR count). The normalized spacial score (nSPS) is 14.2. The van der Waals surface area contributed by atoms with Crippen LogP contribution in [0, 0.1) is 6.92 Å². The maximum atomic E-state index is 13.7. The van der Waals surface area contributed by atoms with E-state index in [9.17, 15) is 13.2 Å². The fourth-order valence-corrected chi connectivity index (χ4v) is 5.89. The largest absolute Gasteiger partial charge is 0.368 e. The summed E-state index contributed by atoms with van der Waals surface area (Å²) in [5, 5.41) is 0. The molecule has 0 radical (unpaired) electrons. The Morgan fingerprint density at radius 1 is 0.941 bits per heavy atom. The monoisotopic (exact) mass is 478 g/mol. The molecule has 1 amide bonds. The molecule has 0 saturated carbocycles. The standard InChI is InChI=1S/C26H30N4O3S/c1-21-8-9-26(34(32,33)30(22(2)31)15-12-23-6-4-3-5-7-23)25(20-21)29-18-16-28(17-19-29)24-10-13-27-14-11-24/h3-11,13-14,20H,12,15-19H2,1-2H3. The highest BCUT2D eigenvalue weighted by Gasteiger charge is 2.31. The molecule has 7 nitrogen and oxygen atoms in total. The Morgan fingerprint density at radius 3 is 2.24 bits per heavy atom. The van der Waals surface area contributed by atoms with Crippen molar-refractivity contribution in [3.63, 3.8) is 0 Å². The molecule has 34 heavy (non-hydrogen) atoms. The first-order valence-electron chi connectivity index (χ1n) is 11.4. The third-order valence-corrected chi connectivity index (χ3v) is 8.05. The minimum absolute atomic E-state index is 0.102. The SMILES string of the molecule is CC(=O)N(CCc1ccccc1)S(=O)(=O)c1ccc(C)cc1N1CCN(c2ccncc2)CC1. The Morgan fingerprint density at radius 2 is 1.59 bits per heavy atom. The fraction of sp³-hybridized carbons (Fsp3) is 0.308. The van der Waals surface area contributed by atoms with Crippen molar-refractivity contribution in [2.45, 2.75) is 25.2 Å². The molecule has 0 aliphatic carbocycles. The highest BCUT2D eigenvalue weighted by Crippen LogP contribution is 2.31.